The average Bonchev–Trinajstić information content (AvgIpc) is 3.94. The fraction of sp³-hybridized carbons (Fsp3) is 0.132. The van der Waals surface area contributed by atoms with Gasteiger partial charge in [-0.25, -0.2) is 37.5 Å². The highest BCUT2D eigenvalue weighted by molar-refractivity contribution is 6.31. The number of pyridine rings is 2. The number of hydrogen-bond donors (Lipinski definition) is 1. The zero-order valence-electron chi connectivity index (χ0n) is 27.8. The molecule has 0 saturated heterocycles. The molecule has 8 aromatic rings. The first-order valence-corrected chi connectivity index (χ1v) is 16.7. The van der Waals surface area contributed by atoms with Crippen LogP contribution in [0.25, 0.3) is 56.3 Å². The highest BCUT2D eigenvalue weighted by atomic mass is 35.5. The number of fused-ring (bicyclic) bond motifs is 2. The number of halogens is 5. The summed E-state index contributed by atoms with van der Waals surface area (Å²) in [6.45, 7) is 0. The van der Waals surface area contributed by atoms with Crippen molar-refractivity contribution in [3.05, 3.63) is 133 Å². The molecule has 1 amide bonds. The van der Waals surface area contributed by atoms with Gasteiger partial charge in [0.2, 0.25) is 0 Å². The smallest absolute Gasteiger partial charge is 0.267 e. The zero-order chi connectivity index (χ0) is 37.0. The molecule has 0 bridgehead atoms. The van der Waals surface area contributed by atoms with Gasteiger partial charge in [0.15, 0.2) is 0 Å². The molecular weight excluding hydrogens is 710 g/mol. The predicted molar refractivity (Wildman–Crippen MR) is 191 cm³/mol. The van der Waals surface area contributed by atoms with E-state index in [0.29, 0.717) is 28.2 Å². The van der Waals surface area contributed by atoms with Crippen LogP contribution < -0.4 is 5.73 Å². The Morgan fingerprint density at radius 3 is 2.19 bits per heavy atom. The van der Waals surface area contributed by atoms with Crippen molar-refractivity contribution in [1.82, 2.24) is 37.9 Å². The van der Waals surface area contributed by atoms with E-state index in [1.807, 2.05) is 40.5 Å². The van der Waals surface area contributed by atoms with Crippen LogP contribution in [-0.2, 0) is 7.05 Å². The number of carbonyl (C=O) groups is 1. The molecule has 1 saturated carbocycles. The Morgan fingerprint density at radius 1 is 0.811 bits per heavy atom. The molecule has 1 aliphatic rings. The molecule has 266 valence electrons. The molecule has 2 aromatic carbocycles. The first-order valence-electron chi connectivity index (χ1n) is 16.3. The van der Waals surface area contributed by atoms with Crippen molar-refractivity contribution >= 4 is 28.8 Å². The molecule has 15 heteroatoms. The summed E-state index contributed by atoms with van der Waals surface area (Å²) < 4.78 is 61.1. The van der Waals surface area contributed by atoms with Gasteiger partial charge in [-0.15, -0.1) is 0 Å². The number of amides is 1. The number of primary amides is 1. The Hall–Kier alpha value is -6.28. The molecule has 1 fully saturated rings. The van der Waals surface area contributed by atoms with Gasteiger partial charge in [-0.3, -0.25) is 9.20 Å². The topological polar surface area (TPSA) is 113 Å². The molecule has 0 unspecified atom stereocenters. The molecule has 53 heavy (non-hydrogen) atoms. The summed E-state index contributed by atoms with van der Waals surface area (Å²) >= 11 is 5.91. The fourth-order valence-electron chi connectivity index (χ4n) is 6.56. The second-order valence-electron chi connectivity index (χ2n) is 12.7. The number of carbonyl (C=O) groups excluding carboxylic acids is 1. The third-order valence-corrected chi connectivity index (χ3v) is 9.49. The average molecular weight is 738 g/mol. The Morgan fingerprint density at radius 2 is 1.47 bits per heavy atom. The lowest BCUT2D eigenvalue weighted by atomic mass is 9.87. The molecule has 6 heterocycles. The number of imidazole rings is 4. The minimum Gasteiger partial charge on any atom is -0.364 e. The molecule has 0 radical (unpaired) electrons. The van der Waals surface area contributed by atoms with E-state index in [0.717, 1.165) is 28.2 Å². The van der Waals surface area contributed by atoms with E-state index in [-0.39, 0.29) is 29.4 Å². The third-order valence-electron chi connectivity index (χ3n) is 9.20. The Bertz CT molecular complexity index is 2650. The van der Waals surface area contributed by atoms with Crippen molar-refractivity contribution in [2.45, 2.75) is 24.8 Å². The standard InChI is InChI=1S/C21H16F3N5O.C17H12ClFN4/c22-14-4-1-12(2-5-14)18-19(29(11-27-18)15-7-21(23,24)8-15)13-3-6-17-26-9-16(20(25)30)28(17)10-13;1-22-10-21-16(11-2-4-14(19)13(18)8-11)17(22)12-3-5-15-20-6-7-23(15)9-12/h1-6,9-11,15H,7-8H2,(H2,25,30);2-10H,1H3. The number of nitrogens with zero attached hydrogens (tertiary/aromatic N) is 8. The van der Waals surface area contributed by atoms with Crippen molar-refractivity contribution < 1.29 is 22.4 Å². The minimum atomic E-state index is -2.70. The van der Waals surface area contributed by atoms with Crippen LogP contribution in [0.5, 0.6) is 0 Å². The quantitative estimate of drug-likeness (QED) is 0.173. The van der Waals surface area contributed by atoms with Crippen LogP contribution >= 0.6 is 11.6 Å². The van der Waals surface area contributed by atoms with Crippen molar-refractivity contribution in [3.63, 3.8) is 0 Å². The summed E-state index contributed by atoms with van der Waals surface area (Å²) in [5.41, 5.74) is 12.9. The molecule has 0 spiro atoms. The lowest BCUT2D eigenvalue weighted by Gasteiger charge is -2.36. The maximum absolute atomic E-state index is 13.6. The molecule has 6 aromatic heterocycles. The van der Waals surface area contributed by atoms with Crippen molar-refractivity contribution in [1.29, 1.82) is 0 Å². The van der Waals surface area contributed by atoms with Crippen LogP contribution in [0.4, 0.5) is 17.6 Å². The number of alkyl halides is 2. The van der Waals surface area contributed by atoms with Crippen molar-refractivity contribution in [2.75, 3.05) is 0 Å². The number of benzene rings is 2. The Kier molecular flexibility index (Phi) is 8.33. The van der Waals surface area contributed by atoms with Gasteiger partial charge < -0.3 is 19.3 Å². The summed E-state index contributed by atoms with van der Waals surface area (Å²) in [7, 11) is 1.93. The minimum absolute atomic E-state index is 0.0872. The summed E-state index contributed by atoms with van der Waals surface area (Å²) in [5.74, 6) is -4.15. The molecule has 10 nitrogen and oxygen atoms in total. The van der Waals surface area contributed by atoms with Crippen LogP contribution in [0.3, 0.4) is 0 Å². The van der Waals surface area contributed by atoms with E-state index in [1.54, 1.807) is 64.1 Å². The summed E-state index contributed by atoms with van der Waals surface area (Å²) in [6, 6.07) is 17.5. The van der Waals surface area contributed by atoms with E-state index in [9.17, 15) is 22.4 Å². The molecule has 1 aliphatic carbocycles. The van der Waals surface area contributed by atoms with E-state index in [2.05, 4.69) is 19.9 Å². The van der Waals surface area contributed by atoms with Crippen LogP contribution in [0.1, 0.15) is 29.4 Å². The second-order valence-corrected chi connectivity index (χ2v) is 13.1. The maximum atomic E-state index is 13.6. The second kappa shape index (κ2) is 13.0. The lowest BCUT2D eigenvalue weighted by molar-refractivity contribution is -0.103. The van der Waals surface area contributed by atoms with E-state index < -0.39 is 23.7 Å². The first kappa shape index (κ1) is 33.8. The highest BCUT2D eigenvalue weighted by Gasteiger charge is 2.47. The number of aromatic nitrogens is 8. The number of hydrogen-bond acceptors (Lipinski definition) is 5. The molecule has 2 N–H and O–H groups in total. The van der Waals surface area contributed by atoms with Gasteiger partial charge in [-0.2, -0.15) is 0 Å². The number of nitrogens with two attached hydrogens (primary N) is 1. The normalized spacial score (nSPS) is 13.9. The Balaban J connectivity index is 0.000000156. The zero-order valence-corrected chi connectivity index (χ0v) is 28.6. The SMILES string of the molecule is Cn1cnc(-c2ccc(F)c(Cl)c2)c1-c1ccc2nccn2c1.NC(=O)c1cnc2ccc(-c3c(-c4ccc(F)cc4)ncn3C3CC(F)(F)C3)cn12. The summed E-state index contributed by atoms with van der Waals surface area (Å²) in [6.07, 6.45) is 11.4. The van der Waals surface area contributed by atoms with Crippen LogP contribution in [0, 0.1) is 11.6 Å². The molecule has 0 aliphatic heterocycles. The first-order chi connectivity index (χ1) is 25.5. The van der Waals surface area contributed by atoms with Gasteiger partial charge in [-0.05, 0) is 66.7 Å². The third kappa shape index (κ3) is 6.31. The van der Waals surface area contributed by atoms with Crippen LogP contribution in [0.15, 0.2) is 110 Å². The largest absolute Gasteiger partial charge is 0.364 e. The number of rotatable bonds is 6. The van der Waals surface area contributed by atoms with Gasteiger partial charge in [0.05, 0.1) is 46.6 Å². The maximum Gasteiger partial charge on any atom is 0.267 e. The molecular formula is C38H28ClF4N9O. The molecule has 9 rings (SSSR count). The van der Waals surface area contributed by atoms with Crippen molar-refractivity contribution in [2.24, 2.45) is 12.8 Å². The van der Waals surface area contributed by atoms with Gasteiger partial charge >= 0.3 is 0 Å². The van der Waals surface area contributed by atoms with Gasteiger partial charge in [-0.1, -0.05) is 11.6 Å². The fourth-order valence-corrected chi connectivity index (χ4v) is 6.74. The van der Waals surface area contributed by atoms with Gasteiger partial charge in [0, 0.05) is 73.0 Å². The monoisotopic (exact) mass is 737 g/mol. The predicted octanol–water partition coefficient (Wildman–Crippen LogP) is 8.27. The summed E-state index contributed by atoms with van der Waals surface area (Å²) in [5, 5.41) is 0.0872. The highest BCUT2D eigenvalue weighted by Crippen LogP contribution is 2.48. The van der Waals surface area contributed by atoms with Gasteiger partial charge in [0.25, 0.3) is 11.8 Å². The van der Waals surface area contributed by atoms with E-state index >= 15 is 0 Å². The van der Waals surface area contributed by atoms with Crippen LogP contribution in [-0.4, -0.2) is 49.7 Å². The number of aryl methyl sites for hydroxylation is 1. The van der Waals surface area contributed by atoms with Gasteiger partial charge in [0.1, 0.15) is 28.6 Å². The molecule has 0 atom stereocenters. The van der Waals surface area contributed by atoms with E-state index in [1.165, 1.54) is 30.7 Å². The summed E-state index contributed by atoms with van der Waals surface area (Å²) in [4.78, 5) is 29.0. The Labute approximate surface area is 303 Å². The van der Waals surface area contributed by atoms with E-state index in [4.69, 9.17) is 17.3 Å². The van der Waals surface area contributed by atoms with Crippen LogP contribution in [0.2, 0.25) is 5.02 Å². The lowest BCUT2D eigenvalue weighted by Crippen LogP contribution is -2.37. The van der Waals surface area contributed by atoms with Crippen molar-refractivity contribution in [3.8, 4) is 45.0 Å².